The highest BCUT2D eigenvalue weighted by Gasteiger charge is 1.96. The molecule has 0 aliphatic rings. The van der Waals surface area contributed by atoms with Crippen LogP contribution in [0.2, 0.25) is 0 Å². The molecule has 2 aromatic rings. The standard InChI is InChI=1S/C9H7N3S/c13-9-4-3-8(11-12-9)7-2-1-5-10-6-7/h1-6H,(H,12,13). The quantitative estimate of drug-likeness (QED) is 0.699. The Bertz CT molecular complexity index is 429. The van der Waals surface area contributed by atoms with Crippen LogP contribution in [0.1, 0.15) is 0 Å². The Labute approximate surface area is 80.5 Å². The monoisotopic (exact) mass is 189 g/mol. The van der Waals surface area contributed by atoms with E-state index in [1.54, 1.807) is 12.4 Å². The summed E-state index contributed by atoms with van der Waals surface area (Å²) in [6.45, 7) is 0. The zero-order valence-corrected chi connectivity index (χ0v) is 7.58. The van der Waals surface area contributed by atoms with Gasteiger partial charge in [-0.2, -0.15) is 5.10 Å². The van der Waals surface area contributed by atoms with Crippen molar-refractivity contribution >= 4 is 12.2 Å². The number of hydrogen-bond acceptors (Lipinski definition) is 3. The van der Waals surface area contributed by atoms with Gasteiger partial charge in [0.25, 0.3) is 0 Å². The summed E-state index contributed by atoms with van der Waals surface area (Å²) in [6, 6.07) is 7.51. The second-order valence-corrected chi connectivity index (χ2v) is 2.99. The number of rotatable bonds is 1. The van der Waals surface area contributed by atoms with E-state index in [0.717, 1.165) is 11.3 Å². The first-order chi connectivity index (χ1) is 6.36. The minimum atomic E-state index is 0.632. The van der Waals surface area contributed by atoms with E-state index in [-0.39, 0.29) is 0 Å². The average Bonchev–Trinajstić information content (AvgIpc) is 2.20. The predicted molar refractivity (Wildman–Crippen MR) is 52.7 cm³/mol. The van der Waals surface area contributed by atoms with Gasteiger partial charge in [-0.25, -0.2) is 0 Å². The molecule has 0 saturated carbocycles. The Morgan fingerprint density at radius 2 is 2.15 bits per heavy atom. The van der Waals surface area contributed by atoms with Crippen LogP contribution in [0.25, 0.3) is 11.3 Å². The SMILES string of the molecule is S=c1ccc(-c2cccnc2)n[nH]1. The van der Waals surface area contributed by atoms with Gasteiger partial charge in [-0.05, 0) is 24.3 Å². The Balaban J connectivity index is 2.48. The van der Waals surface area contributed by atoms with Crippen LogP contribution in [0.4, 0.5) is 0 Å². The first-order valence-corrected chi connectivity index (χ1v) is 4.23. The molecule has 13 heavy (non-hydrogen) atoms. The van der Waals surface area contributed by atoms with Crippen LogP contribution in [0, 0.1) is 4.64 Å². The summed E-state index contributed by atoms with van der Waals surface area (Å²) in [4.78, 5) is 4.00. The highest BCUT2D eigenvalue weighted by molar-refractivity contribution is 7.71. The summed E-state index contributed by atoms with van der Waals surface area (Å²) in [6.07, 6.45) is 3.49. The lowest BCUT2D eigenvalue weighted by atomic mass is 10.2. The van der Waals surface area contributed by atoms with Gasteiger partial charge in [0.15, 0.2) is 0 Å². The molecule has 0 aliphatic carbocycles. The first-order valence-electron chi connectivity index (χ1n) is 3.82. The second kappa shape index (κ2) is 3.45. The maximum Gasteiger partial charge on any atom is 0.119 e. The van der Waals surface area contributed by atoms with Crippen molar-refractivity contribution in [2.45, 2.75) is 0 Å². The van der Waals surface area contributed by atoms with Crippen molar-refractivity contribution in [1.82, 2.24) is 15.2 Å². The minimum absolute atomic E-state index is 0.632. The molecule has 3 nitrogen and oxygen atoms in total. The minimum Gasteiger partial charge on any atom is -0.267 e. The maximum atomic E-state index is 4.89. The molecule has 0 atom stereocenters. The lowest BCUT2D eigenvalue weighted by Gasteiger charge is -1.97. The molecule has 0 unspecified atom stereocenters. The highest BCUT2D eigenvalue weighted by atomic mass is 32.1. The number of hydrogen-bond donors (Lipinski definition) is 1. The number of aromatic amines is 1. The van der Waals surface area contributed by atoms with Crippen LogP contribution in [-0.2, 0) is 0 Å². The van der Waals surface area contributed by atoms with E-state index in [1.807, 2.05) is 24.3 Å². The van der Waals surface area contributed by atoms with Gasteiger partial charge in [0.05, 0.1) is 5.69 Å². The van der Waals surface area contributed by atoms with Gasteiger partial charge in [-0.1, -0.05) is 12.2 Å². The molecule has 0 aromatic carbocycles. The summed E-state index contributed by atoms with van der Waals surface area (Å²) in [5, 5.41) is 6.81. The molecule has 4 heteroatoms. The third-order valence-electron chi connectivity index (χ3n) is 1.64. The van der Waals surface area contributed by atoms with Crippen molar-refractivity contribution in [3.8, 4) is 11.3 Å². The molecular weight excluding hydrogens is 182 g/mol. The smallest absolute Gasteiger partial charge is 0.119 e. The third-order valence-corrected chi connectivity index (χ3v) is 1.86. The predicted octanol–water partition coefficient (Wildman–Crippen LogP) is 2.20. The Morgan fingerprint density at radius 1 is 1.23 bits per heavy atom. The normalized spacial score (nSPS) is 9.85. The number of H-pyrrole nitrogens is 1. The molecule has 2 heterocycles. The van der Waals surface area contributed by atoms with E-state index in [0.29, 0.717) is 4.64 Å². The molecule has 0 aliphatic heterocycles. The van der Waals surface area contributed by atoms with Crippen molar-refractivity contribution in [3.05, 3.63) is 41.3 Å². The zero-order valence-electron chi connectivity index (χ0n) is 6.77. The van der Waals surface area contributed by atoms with E-state index in [2.05, 4.69) is 15.2 Å². The van der Waals surface area contributed by atoms with Crippen LogP contribution >= 0.6 is 12.2 Å². The summed E-state index contributed by atoms with van der Waals surface area (Å²) in [5.74, 6) is 0. The van der Waals surface area contributed by atoms with Gasteiger partial charge in [-0.3, -0.25) is 10.1 Å². The van der Waals surface area contributed by atoms with Crippen LogP contribution < -0.4 is 0 Å². The molecule has 0 bridgehead atoms. The fraction of sp³-hybridized carbons (Fsp3) is 0. The van der Waals surface area contributed by atoms with Crippen LogP contribution in [0.15, 0.2) is 36.7 Å². The van der Waals surface area contributed by atoms with E-state index in [4.69, 9.17) is 12.2 Å². The van der Waals surface area contributed by atoms with Gasteiger partial charge in [0, 0.05) is 18.0 Å². The van der Waals surface area contributed by atoms with Crippen molar-refractivity contribution in [3.63, 3.8) is 0 Å². The third kappa shape index (κ3) is 1.78. The molecule has 64 valence electrons. The lowest BCUT2D eigenvalue weighted by molar-refractivity contribution is 1.02. The van der Waals surface area contributed by atoms with E-state index in [1.165, 1.54) is 0 Å². The Kier molecular flexibility index (Phi) is 2.14. The summed E-state index contributed by atoms with van der Waals surface area (Å²) >= 11 is 4.89. The number of nitrogens with zero attached hydrogens (tertiary/aromatic N) is 2. The second-order valence-electron chi connectivity index (χ2n) is 2.55. The molecule has 1 N–H and O–H groups in total. The molecule has 0 fully saturated rings. The van der Waals surface area contributed by atoms with Gasteiger partial charge >= 0.3 is 0 Å². The van der Waals surface area contributed by atoms with Crippen LogP contribution in [-0.4, -0.2) is 15.2 Å². The number of pyridine rings is 1. The largest absolute Gasteiger partial charge is 0.267 e. The molecule has 2 aromatic heterocycles. The fourth-order valence-electron chi connectivity index (χ4n) is 1.02. The number of aromatic nitrogens is 3. The average molecular weight is 189 g/mol. The summed E-state index contributed by atoms with van der Waals surface area (Å²) in [5.41, 5.74) is 1.83. The van der Waals surface area contributed by atoms with Gasteiger partial charge in [0.1, 0.15) is 4.64 Å². The molecule has 2 rings (SSSR count). The maximum absolute atomic E-state index is 4.89. The number of nitrogens with one attached hydrogen (secondary N) is 1. The van der Waals surface area contributed by atoms with Crippen molar-refractivity contribution in [2.75, 3.05) is 0 Å². The van der Waals surface area contributed by atoms with E-state index < -0.39 is 0 Å². The van der Waals surface area contributed by atoms with E-state index >= 15 is 0 Å². The lowest BCUT2D eigenvalue weighted by Crippen LogP contribution is -1.86. The van der Waals surface area contributed by atoms with Crippen molar-refractivity contribution in [1.29, 1.82) is 0 Å². The molecule has 0 amide bonds. The van der Waals surface area contributed by atoms with Crippen molar-refractivity contribution < 1.29 is 0 Å². The molecule has 0 saturated heterocycles. The van der Waals surface area contributed by atoms with Gasteiger partial charge in [0.2, 0.25) is 0 Å². The highest BCUT2D eigenvalue weighted by Crippen LogP contribution is 2.12. The fourth-order valence-corrected chi connectivity index (χ4v) is 1.13. The van der Waals surface area contributed by atoms with Gasteiger partial charge in [-0.15, -0.1) is 0 Å². The van der Waals surface area contributed by atoms with Crippen molar-refractivity contribution in [2.24, 2.45) is 0 Å². The summed E-state index contributed by atoms with van der Waals surface area (Å²) in [7, 11) is 0. The first kappa shape index (κ1) is 8.07. The van der Waals surface area contributed by atoms with E-state index in [9.17, 15) is 0 Å². The molecule has 0 spiro atoms. The molecule has 0 radical (unpaired) electrons. The Morgan fingerprint density at radius 3 is 2.77 bits per heavy atom. The van der Waals surface area contributed by atoms with Gasteiger partial charge < -0.3 is 0 Å². The topological polar surface area (TPSA) is 41.6 Å². The van der Waals surface area contributed by atoms with Crippen LogP contribution in [0.3, 0.4) is 0 Å². The zero-order chi connectivity index (χ0) is 9.10. The molecular formula is C9H7N3S. The van der Waals surface area contributed by atoms with Crippen LogP contribution in [0.5, 0.6) is 0 Å². The summed E-state index contributed by atoms with van der Waals surface area (Å²) < 4.78 is 0.632. The Hall–Kier alpha value is -1.55.